The Bertz CT molecular complexity index is 1690. The molecule has 0 spiro atoms. The molecule has 0 radical (unpaired) electrons. The van der Waals surface area contributed by atoms with Crippen molar-refractivity contribution in [2.45, 2.75) is 57.6 Å². The number of sulfonamides is 1. The molecule has 1 N–H and O–H groups in total. The van der Waals surface area contributed by atoms with Crippen molar-refractivity contribution in [2.75, 3.05) is 18.0 Å². The number of benzene rings is 4. The number of nitrogens with zero attached hydrogens (tertiary/aromatic N) is 2. The minimum absolute atomic E-state index is 0.0561. The predicted molar refractivity (Wildman–Crippen MR) is 178 cm³/mol. The SMILES string of the molecule is COc1ccc(N(CC(=O)N(Cc2ccccc2C)C(Cc2ccccc2)C(=O)NC(C)C)S(=O)(=O)c2ccc(C)cc2)cc1. The summed E-state index contributed by atoms with van der Waals surface area (Å²) < 4.78 is 34.7. The summed E-state index contributed by atoms with van der Waals surface area (Å²) in [6.07, 6.45) is 0.254. The van der Waals surface area contributed by atoms with Crippen LogP contribution in [0.1, 0.15) is 36.1 Å². The third kappa shape index (κ3) is 8.51. The standard InChI is InChI=1S/C36H41N3O5S/c1-26(2)37-36(41)34(23-29-12-7-6-8-13-29)38(24-30-14-10-9-11-28(30)4)35(40)25-39(31-17-19-32(44-5)20-18-31)45(42,43)33-21-15-27(3)16-22-33/h6-22,26,34H,23-25H2,1-5H3,(H,37,41). The van der Waals surface area contributed by atoms with E-state index >= 15 is 0 Å². The van der Waals surface area contributed by atoms with Gasteiger partial charge >= 0.3 is 0 Å². The number of rotatable bonds is 13. The van der Waals surface area contributed by atoms with E-state index < -0.39 is 28.5 Å². The van der Waals surface area contributed by atoms with Crippen LogP contribution in [0.4, 0.5) is 5.69 Å². The molecule has 236 valence electrons. The van der Waals surface area contributed by atoms with Gasteiger partial charge in [-0.25, -0.2) is 8.42 Å². The lowest BCUT2D eigenvalue weighted by molar-refractivity contribution is -0.140. The van der Waals surface area contributed by atoms with Crippen molar-refractivity contribution in [3.05, 3.63) is 125 Å². The molecule has 4 rings (SSSR count). The van der Waals surface area contributed by atoms with E-state index in [9.17, 15) is 18.0 Å². The Morgan fingerprint density at radius 2 is 1.44 bits per heavy atom. The summed E-state index contributed by atoms with van der Waals surface area (Å²) in [5.74, 6) is -0.273. The molecule has 2 amide bonds. The zero-order valence-electron chi connectivity index (χ0n) is 26.4. The molecule has 0 heterocycles. The summed E-state index contributed by atoms with van der Waals surface area (Å²) in [5.41, 5.74) is 3.90. The Balaban J connectivity index is 1.81. The van der Waals surface area contributed by atoms with Crippen LogP contribution in [-0.4, -0.2) is 50.9 Å². The first-order valence-electron chi connectivity index (χ1n) is 14.9. The number of anilines is 1. The average Bonchev–Trinajstić information content (AvgIpc) is 3.02. The Hall–Kier alpha value is -4.63. The van der Waals surface area contributed by atoms with Gasteiger partial charge in [0.1, 0.15) is 18.3 Å². The molecule has 45 heavy (non-hydrogen) atoms. The molecule has 0 saturated heterocycles. The van der Waals surface area contributed by atoms with Gasteiger partial charge in [-0.3, -0.25) is 13.9 Å². The van der Waals surface area contributed by atoms with Crippen LogP contribution in [-0.2, 0) is 32.6 Å². The molecule has 4 aromatic carbocycles. The molecule has 0 aromatic heterocycles. The minimum atomic E-state index is -4.18. The number of hydrogen-bond donors (Lipinski definition) is 1. The highest BCUT2D eigenvalue weighted by molar-refractivity contribution is 7.92. The van der Waals surface area contributed by atoms with Crippen LogP contribution in [0, 0.1) is 13.8 Å². The van der Waals surface area contributed by atoms with Gasteiger partial charge in [-0.15, -0.1) is 0 Å². The Labute approximate surface area is 266 Å². The smallest absolute Gasteiger partial charge is 0.264 e. The second kappa shape index (κ2) is 14.9. The van der Waals surface area contributed by atoms with E-state index in [0.717, 1.165) is 26.6 Å². The molecule has 1 atom stereocenters. The highest BCUT2D eigenvalue weighted by atomic mass is 32.2. The van der Waals surface area contributed by atoms with Crippen molar-refractivity contribution in [1.82, 2.24) is 10.2 Å². The van der Waals surface area contributed by atoms with E-state index in [0.29, 0.717) is 11.4 Å². The largest absolute Gasteiger partial charge is 0.497 e. The number of aryl methyl sites for hydroxylation is 2. The second-order valence-electron chi connectivity index (χ2n) is 11.3. The molecule has 4 aromatic rings. The molecule has 0 aliphatic carbocycles. The fraction of sp³-hybridized carbons (Fsp3) is 0.278. The van der Waals surface area contributed by atoms with Crippen molar-refractivity contribution >= 4 is 27.5 Å². The van der Waals surface area contributed by atoms with Gasteiger partial charge in [-0.2, -0.15) is 0 Å². The molecule has 0 bridgehead atoms. The normalized spacial score (nSPS) is 12.0. The predicted octanol–water partition coefficient (Wildman–Crippen LogP) is 5.67. The molecule has 0 aliphatic rings. The molecule has 0 aliphatic heterocycles. The molecular formula is C36H41N3O5S. The topological polar surface area (TPSA) is 96.0 Å². The molecule has 9 heteroatoms. The third-order valence-electron chi connectivity index (χ3n) is 7.55. The Kier molecular flexibility index (Phi) is 11.0. The van der Waals surface area contributed by atoms with Crippen LogP contribution in [0.15, 0.2) is 108 Å². The van der Waals surface area contributed by atoms with Crippen molar-refractivity contribution in [3.63, 3.8) is 0 Å². The number of carbonyl (C=O) groups is 2. The summed E-state index contributed by atoms with van der Waals surface area (Å²) in [6.45, 7) is 7.16. The number of nitrogens with one attached hydrogen (secondary N) is 1. The lowest BCUT2D eigenvalue weighted by atomic mass is 10.0. The third-order valence-corrected chi connectivity index (χ3v) is 9.34. The van der Waals surface area contributed by atoms with E-state index in [1.54, 1.807) is 36.4 Å². The molecular weight excluding hydrogens is 586 g/mol. The van der Waals surface area contributed by atoms with Crippen molar-refractivity contribution < 1.29 is 22.7 Å². The molecule has 0 fully saturated rings. The van der Waals surface area contributed by atoms with E-state index in [1.165, 1.54) is 24.1 Å². The lowest BCUT2D eigenvalue weighted by Gasteiger charge is -2.34. The minimum Gasteiger partial charge on any atom is -0.497 e. The van der Waals surface area contributed by atoms with E-state index in [4.69, 9.17) is 4.74 Å². The second-order valence-corrected chi connectivity index (χ2v) is 13.2. The van der Waals surface area contributed by atoms with E-state index in [1.807, 2.05) is 82.3 Å². The molecule has 1 unspecified atom stereocenters. The maximum Gasteiger partial charge on any atom is 0.264 e. The average molecular weight is 628 g/mol. The zero-order chi connectivity index (χ0) is 32.6. The van der Waals surface area contributed by atoms with Gasteiger partial charge in [0.15, 0.2) is 0 Å². The number of amides is 2. The number of ether oxygens (including phenoxy) is 1. The number of carbonyl (C=O) groups excluding carboxylic acids is 2. The summed E-state index contributed by atoms with van der Waals surface area (Å²) in [7, 11) is -2.65. The first-order valence-corrected chi connectivity index (χ1v) is 16.4. The first-order chi connectivity index (χ1) is 21.5. The van der Waals surface area contributed by atoms with E-state index in [-0.39, 0.29) is 29.8 Å². The zero-order valence-corrected chi connectivity index (χ0v) is 27.3. The number of hydrogen-bond acceptors (Lipinski definition) is 5. The number of methoxy groups -OCH3 is 1. The van der Waals surface area contributed by atoms with Crippen molar-refractivity contribution in [1.29, 1.82) is 0 Å². The van der Waals surface area contributed by atoms with Gasteiger partial charge < -0.3 is 15.0 Å². The maximum atomic E-state index is 14.5. The Morgan fingerprint density at radius 1 is 0.822 bits per heavy atom. The fourth-order valence-electron chi connectivity index (χ4n) is 5.02. The highest BCUT2D eigenvalue weighted by Crippen LogP contribution is 2.27. The monoisotopic (exact) mass is 627 g/mol. The van der Waals surface area contributed by atoms with Crippen molar-refractivity contribution in [3.8, 4) is 5.75 Å². The van der Waals surface area contributed by atoms with Crippen LogP contribution >= 0.6 is 0 Å². The van der Waals surface area contributed by atoms with E-state index in [2.05, 4.69) is 5.32 Å². The molecule has 0 saturated carbocycles. The van der Waals surface area contributed by atoms with Gasteiger partial charge in [0.05, 0.1) is 17.7 Å². The summed E-state index contributed by atoms with van der Waals surface area (Å²) in [5, 5.41) is 2.98. The Morgan fingerprint density at radius 3 is 2.04 bits per heavy atom. The summed E-state index contributed by atoms with van der Waals surface area (Å²) in [6, 6.07) is 29.1. The van der Waals surface area contributed by atoms with Crippen LogP contribution in [0.3, 0.4) is 0 Å². The first kappa shape index (κ1) is 33.3. The quantitative estimate of drug-likeness (QED) is 0.206. The van der Waals surface area contributed by atoms with Gasteiger partial charge in [0, 0.05) is 19.0 Å². The van der Waals surface area contributed by atoms with Gasteiger partial charge in [-0.1, -0.05) is 72.3 Å². The van der Waals surface area contributed by atoms with Crippen LogP contribution in [0.5, 0.6) is 5.75 Å². The van der Waals surface area contributed by atoms with Gasteiger partial charge in [0.25, 0.3) is 10.0 Å². The van der Waals surface area contributed by atoms with Crippen LogP contribution in [0.25, 0.3) is 0 Å². The lowest BCUT2D eigenvalue weighted by Crippen LogP contribution is -2.54. The fourth-order valence-corrected chi connectivity index (χ4v) is 6.43. The van der Waals surface area contributed by atoms with Crippen LogP contribution in [0.2, 0.25) is 0 Å². The molecule has 8 nitrogen and oxygen atoms in total. The van der Waals surface area contributed by atoms with Gasteiger partial charge in [0.2, 0.25) is 11.8 Å². The summed E-state index contributed by atoms with van der Waals surface area (Å²) in [4.78, 5) is 29.9. The van der Waals surface area contributed by atoms with Crippen molar-refractivity contribution in [2.24, 2.45) is 0 Å². The van der Waals surface area contributed by atoms with Crippen LogP contribution < -0.4 is 14.4 Å². The summed E-state index contributed by atoms with van der Waals surface area (Å²) >= 11 is 0. The van der Waals surface area contributed by atoms with Gasteiger partial charge in [-0.05, 0) is 80.8 Å². The maximum absolute atomic E-state index is 14.5. The highest BCUT2D eigenvalue weighted by Gasteiger charge is 2.35.